The molecule has 0 fully saturated rings. The van der Waals surface area contributed by atoms with Gasteiger partial charge in [0.05, 0.1) is 6.42 Å². The number of fused-ring (bicyclic) bond motifs is 1. The number of carbonyl (C=O) groups excluding carboxylic acids is 1. The smallest absolute Gasteiger partial charge is 0.312 e. The maximum Gasteiger partial charge on any atom is 0.312 e. The summed E-state index contributed by atoms with van der Waals surface area (Å²) in [6.07, 6.45) is 0.417. The van der Waals surface area contributed by atoms with Gasteiger partial charge in [0.25, 0.3) is 0 Å². The molecule has 0 amide bonds. The number of carbonyl (C=O) groups is 1. The molecule has 0 N–H and O–H groups in total. The van der Waals surface area contributed by atoms with Crippen LogP contribution in [0.3, 0.4) is 0 Å². The van der Waals surface area contributed by atoms with E-state index in [0.717, 1.165) is 5.56 Å². The van der Waals surface area contributed by atoms with Gasteiger partial charge in [0, 0.05) is 11.5 Å². The normalized spacial score (nSPS) is 18.1. The van der Waals surface area contributed by atoms with E-state index in [4.69, 9.17) is 4.74 Å². The Morgan fingerprint density at radius 3 is 2.78 bits per heavy atom. The Labute approximate surface area is 106 Å². The summed E-state index contributed by atoms with van der Waals surface area (Å²) in [4.78, 5) is 11.7. The fourth-order valence-electron chi connectivity index (χ4n) is 2.49. The van der Waals surface area contributed by atoms with Crippen molar-refractivity contribution in [3.05, 3.63) is 65.2 Å². The van der Waals surface area contributed by atoms with E-state index in [1.54, 1.807) is 0 Å². The van der Waals surface area contributed by atoms with Crippen LogP contribution in [-0.4, -0.2) is 5.97 Å². The monoisotopic (exact) mass is 238 g/mol. The summed E-state index contributed by atoms with van der Waals surface area (Å²) < 4.78 is 5.27. The Bertz CT molecular complexity index is 602. The predicted molar refractivity (Wildman–Crippen MR) is 69.7 cm³/mol. The number of rotatable bonds is 1. The van der Waals surface area contributed by atoms with Crippen molar-refractivity contribution in [3.8, 4) is 5.75 Å². The summed E-state index contributed by atoms with van der Waals surface area (Å²) in [5, 5.41) is 0. The predicted octanol–water partition coefficient (Wildman–Crippen LogP) is 3.44. The summed E-state index contributed by atoms with van der Waals surface area (Å²) >= 11 is 0. The molecule has 2 heteroatoms. The topological polar surface area (TPSA) is 26.3 Å². The van der Waals surface area contributed by atoms with Gasteiger partial charge in [-0.15, -0.1) is 0 Å². The number of aryl methyl sites for hydroxylation is 1. The van der Waals surface area contributed by atoms with Crippen LogP contribution >= 0.6 is 0 Å². The molecule has 90 valence electrons. The zero-order chi connectivity index (χ0) is 12.5. The first-order valence-corrected chi connectivity index (χ1v) is 6.10. The van der Waals surface area contributed by atoms with Crippen LogP contribution in [0.4, 0.5) is 0 Å². The summed E-state index contributed by atoms with van der Waals surface area (Å²) in [6.45, 7) is 2.07. The first-order valence-electron chi connectivity index (χ1n) is 6.10. The van der Waals surface area contributed by atoms with E-state index in [1.807, 2.05) is 30.3 Å². The Morgan fingerprint density at radius 2 is 1.94 bits per heavy atom. The van der Waals surface area contributed by atoms with Crippen molar-refractivity contribution in [1.29, 1.82) is 0 Å². The number of hydrogen-bond donors (Lipinski definition) is 0. The number of ether oxygens (including phenoxy) is 1. The molecular formula is C16H14O2. The van der Waals surface area contributed by atoms with E-state index in [2.05, 4.69) is 25.1 Å². The van der Waals surface area contributed by atoms with Crippen molar-refractivity contribution < 1.29 is 9.53 Å². The average molecular weight is 238 g/mol. The zero-order valence-electron chi connectivity index (χ0n) is 10.2. The van der Waals surface area contributed by atoms with Crippen molar-refractivity contribution in [1.82, 2.24) is 0 Å². The molecule has 3 rings (SSSR count). The molecule has 0 aromatic heterocycles. The van der Waals surface area contributed by atoms with Gasteiger partial charge in [0.1, 0.15) is 5.75 Å². The largest absolute Gasteiger partial charge is 0.426 e. The van der Waals surface area contributed by atoms with Crippen LogP contribution in [0, 0.1) is 6.92 Å². The SMILES string of the molecule is Cc1cccc([C@H]2CC(=O)Oc3ccccc32)c1. The minimum Gasteiger partial charge on any atom is -0.426 e. The molecular weight excluding hydrogens is 224 g/mol. The lowest BCUT2D eigenvalue weighted by molar-refractivity contribution is -0.135. The molecule has 1 aliphatic heterocycles. The molecule has 0 bridgehead atoms. The van der Waals surface area contributed by atoms with E-state index in [9.17, 15) is 4.79 Å². The molecule has 0 saturated carbocycles. The summed E-state index contributed by atoms with van der Waals surface area (Å²) in [5.41, 5.74) is 3.49. The van der Waals surface area contributed by atoms with Crippen LogP contribution in [0.5, 0.6) is 5.75 Å². The molecule has 0 aliphatic carbocycles. The summed E-state index contributed by atoms with van der Waals surface area (Å²) in [5.74, 6) is 0.655. The second-order valence-electron chi connectivity index (χ2n) is 4.68. The number of hydrogen-bond acceptors (Lipinski definition) is 2. The van der Waals surface area contributed by atoms with E-state index in [-0.39, 0.29) is 11.9 Å². The summed E-state index contributed by atoms with van der Waals surface area (Å²) in [6, 6.07) is 16.1. The van der Waals surface area contributed by atoms with E-state index in [0.29, 0.717) is 12.2 Å². The second-order valence-corrected chi connectivity index (χ2v) is 4.68. The van der Waals surface area contributed by atoms with Gasteiger partial charge in [-0.05, 0) is 18.6 Å². The van der Waals surface area contributed by atoms with Crippen molar-refractivity contribution in [2.75, 3.05) is 0 Å². The molecule has 0 spiro atoms. The molecule has 2 aromatic carbocycles. The van der Waals surface area contributed by atoms with Gasteiger partial charge in [-0.1, -0.05) is 48.0 Å². The molecule has 0 radical (unpaired) electrons. The molecule has 1 atom stereocenters. The van der Waals surface area contributed by atoms with E-state index < -0.39 is 0 Å². The maximum absolute atomic E-state index is 11.7. The molecule has 0 unspecified atom stereocenters. The van der Waals surface area contributed by atoms with Crippen molar-refractivity contribution in [3.63, 3.8) is 0 Å². The average Bonchev–Trinajstić information content (AvgIpc) is 2.37. The Morgan fingerprint density at radius 1 is 1.11 bits per heavy atom. The van der Waals surface area contributed by atoms with Gasteiger partial charge in [-0.3, -0.25) is 4.79 Å². The van der Waals surface area contributed by atoms with Crippen molar-refractivity contribution in [2.45, 2.75) is 19.3 Å². The quantitative estimate of drug-likeness (QED) is 0.562. The third-order valence-electron chi connectivity index (χ3n) is 3.33. The van der Waals surface area contributed by atoms with Crippen molar-refractivity contribution in [2.24, 2.45) is 0 Å². The molecule has 1 aliphatic rings. The van der Waals surface area contributed by atoms with Gasteiger partial charge in [-0.25, -0.2) is 0 Å². The molecule has 2 aromatic rings. The van der Waals surface area contributed by atoms with Crippen LogP contribution in [0.1, 0.15) is 29.0 Å². The standard InChI is InChI=1S/C16H14O2/c1-11-5-4-6-12(9-11)14-10-16(17)18-15-8-3-2-7-13(14)15/h2-9,14H,10H2,1H3/t14-/m1/s1. The highest BCUT2D eigenvalue weighted by atomic mass is 16.5. The highest BCUT2D eigenvalue weighted by Crippen LogP contribution is 2.38. The van der Waals surface area contributed by atoms with E-state index in [1.165, 1.54) is 11.1 Å². The van der Waals surface area contributed by atoms with Crippen LogP contribution in [0.2, 0.25) is 0 Å². The van der Waals surface area contributed by atoms with Gasteiger partial charge >= 0.3 is 5.97 Å². The zero-order valence-corrected chi connectivity index (χ0v) is 10.2. The minimum atomic E-state index is -0.153. The van der Waals surface area contributed by atoms with Crippen LogP contribution in [0.15, 0.2) is 48.5 Å². The number of esters is 1. The fraction of sp³-hybridized carbons (Fsp3) is 0.188. The van der Waals surface area contributed by atoms with Gasteiger partial charge in [0.2, 0.25) is 0 Å². The first kappa shape index (κ1) is 11.0. The van der Waals surface area contributed by atoms with Crippen molar-refractivity contribution >= 4 is 5.97 Å². The van der Waals surface area contributed by atoms with Crippen LogP contribution in [-0.2, 0) is 4.79 Å². The molecule has 18 heavy (non-hydrogen) atoms. The van der Waals surface area contributed by atoms with Crippen LogP contribution < -0.4 is 4.74 Å². The van der Waals surface area contributed by atoms with Crippen LogP contribution in [0.25, 0.3) is 0 Å². The highest BCUT2D eigenvalue weighted by Gasteiger charge is 2.27. The lowest BCUT2D eigenvalue weighted by Crippen LogP contribution is -2.20. The van der Waals surface area contributed by atoms with Gasteiger partial charge < -0.3 is 4.74 Å². The fourth-order valence-corrected chi connectivity index (χ4v) is 2.49. The first-order chi connectivity index (χ1) is 8.74. The Hall–Kier alpha value is -2.09. The molecule has 1 heterocycles. The lowest BCUT2D eigenvalue weighted by Gasteiger charge is -2.24. The molecule has 2 nitrogen and oxygen atoms in total. The number of para-hydroxylation sites is 1. The second kappa shape index (κ2) is 4.30. The van der Waals surface area contributed by atoms with Gasteiger partial charge in [-0.2, -0.15) is 0 Å². The third kappa shape index (κ3) is 1.90. The molecule has 0 saturated heterocycles. The Kier molecular flexibility index (Phi) is 2.63. The highest BCUT2D eigenvalue weighted by molar-refractivity contribution is 5.77. The number of benzene rings is 2. The summed E-state index contributed by atoms with van der Waals surface area (Å²) in [7, 11) is 0. The van der Waals surface area contributed by atoms with Gasteiger partial charge in [0.15, 0.2) is 0 Å². The lowest BCUT2D eigenvalue weighted by atomic mass is 9.86. The van der Waals surface area contributed by atoms with E-state index >= 15 is 0 Å². The minimum absolute atomic E-state index is 0.113. The maximum atomic E-state index is 11.7. The third-order valence-corrected chi connectivity index (χ3v) is 3.33. The Balaban J connectivity index is 2.10.